The standard InChI is InChI=1S/C18H18N2O2S/c1-2-15-14-8-10-23-16(14)7-9-19(15)11-20-17(21)12-5-3-4-6-13(12)18(20)22/h3-6,8,10,15H,2,7,9,11H2,1H3/t15-/m1/s1. The van der Waals surface area contributed by atoms with E-state index in [1.165, 1.54) is 15.3 Å². The van der Waals surface area contributed by atoms with Crippen molar-refractivity contribution in [3.05, 3.63) is 57.3 Å². The van der Waals surface area contributed by atoms with Gasteiger partial charge in [-0.2, -0.15) is 0 Å². The molecule has 1 atom stereocenters. The highest BCUT2D eigenvalue weighted by molar-refractivity contribution is 7.10. The maximum atomic E-state index is 12.6. The fourth-order valence-electron chi connectivity index (χ4n) is 3.64. The number of nitrogens with zero attached hydrogens (tertiary/aromatic N) is 2. The molecule has 0 saturated carbocycles. The van der Waals surface area contributed by atoms with Crippen LogP contribution in [0.2, 0.25) is 0 Å². The van der Waals surface area contributed by atoms with Crippen LogP contribution in [0.25, 0.3) is 0 Å². The van der Waals surface area contributed by atoms with E-state index in [-0.39, 0.29) is 17.9 Å². The molecule has 1 aromatic heterocycles. The fraction of sp³-hybridized carbons (Fsp3) is 0.333. The lowest BCUT2D eigenvalue weighted by molar-refractivity contribution is 0.0463. The molecule has 0 N–H and O–H groups in total. The van der Waals surface area contributed by atoms with Gasteiger partial charge in [-0.3, -0.25) is 19.4 Å². The molecule has 0 bridgehead atoms. The highest BCUT2D eigenvalue weighted by atomic mass is 32.1. The molecule has 5 heteroatoms. The van der Waals surface area contributed by atoms with E-state index in [9.17, 15) is 9.59 Å². The number of hydrogen-bond acceptors (Lipinski definition) is 4. The molecule has 1 aromatic carbocycles. The molecule has 23 heavy (non-hydrogen) atoms. The summed E-state index contributed by atoms with van der Waals surface area (Å²) in [4.78, 5) is 30.2. The van der Waals surface area contributed by atoms with E-state index in [1.54, 1.807) is 35.6 Å². The molecule has 0 spiro atoms. The first kappa shape index (κ1) is 14.6. The zero-order valence-corrected chi connectivity index (χ0v) is 13.8. The summed E-state index contributed by atoms with van der Waals surface area (Å²) >= 11 is 1.81. The molecule has 3 heterocycles. The average molecular weight is 326 g/mol. The third kappa shape index (κ3) is 2.23. The summed E-state index contributed by atoms with van der Waals surface area (Å²) in [7, 11) is 0. The van der Waals surface area contributed by atoms with Gasteiger partial charge in [-0.25, -0.2) is 0 Å². The lowest BCUT2D eigenvalue weighted by Crippen LogP contribution is -2.45. The van der Waals surface area contributed by atoms with Gasteiger partial charge in [-0.1, -0.05) is 19.1 Å². The third-order valence-corrected chi connectivity index (χ3v) is 5.79. The topological polar surface area (TPSA) is 40.6 Å². The Balaban J connectivity index is 1.60. The van der Waals surface area contributed by atoms with Crippen LogP contribution in [0.3, 0.4) is 0 Å². The summed E-state index contributed by atoms with van der Waals surface area (Å²) in [5, 5.41) is 2.14. The van der Waals surface area contributed by atoms with Crippen molar-refractivity contribution < 1.29 is 9.59 Å². The lowest BCUT2D eigenvalue weighted by Gasteiger charge is -2.37. The number of thiophene rings is 1. The normalized spacial score (nSPS) is 20.7. The number of carbonyl (C=O) groups is 2. The molecule has 2 amide bonds. The van der Waals surface area contributed by atoms with Crippen LogP contribution in [0.5, 0.6) is 0 Å². The van der Waals surface area contributed by atoms with Gasteiger partial charge < -0.3 is 0 Å². The van der Waals surface area contributed by atoms with Crippen molar-refractivity contribution in [1.29, 1.82) is 0 Å². The van der Waals surface area contributed by atoms with Gasteiger partial charge in [0.2, 0.25) is 0 Å². The van der Waals surface area contributed by atoms with E-state index in [0.717, 1.165) is 19.4 Å². The van der Waals surface area contributed by atoms with Crippen LogP contribution in [0.1, 0.15) is 50.5 Å². The highest BCUT2D eigenvalue weighted by Crippen LogP contribution is 2.36. The third-order valence-electron chi connectivity index (χ3n) is 4.79. The van der Waals surface area contributed by atoms with Gasteiger partial charge in [0.05, 0.1) is 17.8 Å². The summed E-state index contributed by atoms with van der Waals surface area (Å²) < 4.78 is 0. The molecule has 2 aliphatic rings. The van der Waals surface area contributed by atoms with Gasteiger partial charge in [0.15, 0.2) is 0 Å². The van der Waals surface area contributed by atoms with E-state index in [0.29, 0.717) is 17.8 Å². The molecule has 0 fully saturated rings. The average Bonchev–Trinajstić information content (AvgIpc) is 3.14. The predicted octanol–water partition coefficient (Wildman–Crippen LogP) is 3.31. The minimum absolute atomic E-state index is 0.170. The number of carbonyl (C=O) groups excluding carboxylic acids is 2. The zero-order valence-electron chi connectivity index (χ0n) is 13.0. The van der Waals surface area contributed by atoms with Crippen molar-refractivity contribution in [2.45, 2.75) is 25.8 Å². The minimum Gasteiger partial charge on any atom is -0.278 e. The lowest BCUT2D eigenvalue weighted by atomic mass is 9.98. The highest BCUT2D eigenvalue weighted by Gasteiger charge is 2.38. The van der Waals surface area contributed by atoms with Crippen molar-refractivity contribution in [2.24, 2.45) is 0 Å². The Labute approximate surface area is 139 Å². The first-order valence-electron chi connectivity index (χ1n) is 7.96. The molecule has 0 unspecified atom stereocenters. The fourth-order valence-corrected chi connectivity index (χ4v) is 4.57. The van der Waals surface area contributed by atoms with Crippen molar-refractivity contribution in [3.63, 3.8) is 0 Å². The van der Waals surface area contributed by atoms with Gasteiger partial charge in [0.25, 0.3) is 11.8 Å². The Morgan fingerprint density at radius 1 is 1.13 bits per heavy atom. The van der Waals surface area contributed by atoms with Crippen molar-refractivity contribution in [1.82, 2.24) is 9.80 Å². The number of amides is 2. The number of fused-ring (bicyclic) bond motifs is 2. The van der Waals surface area contributed by atoms with Crippen LogP contribution in [0.4, 0.5) is 0 Å². The largest absolute Gasteiger partial charge is 0.278 e. The Bertz CT molecular complexity index is 748. The van der Waals surface area contributed by atoms with Crippen molar-refractivity contribution in [2.75, 3.05) is 13.2 Å². The van der Waals surface area contributed by atoms with Gasteiger partial charge in [-0.15, -0.1) is 11.3 Å². The predicted molar refractivity (Wildman–Crippen MR) is 89.6 cm³/mol. The van der Waals surface area contributed by atoms with Gasteiger partial charge in [-0.05, 0) is 42.0 Å². The molecule has 4 rings (SSSR count). The Morgan fingerprint density at radius 3 is 2.48 bits per heavy atom. The Morgan fingerprint density at radius 2 is 1.83 bits per heavy atom. The number of rotatable bonds is 3. The molecule has 4 nitrogen and oxygen atoms in total. The van der Waals surface area contributed by atoms with Gasteiger partial charge in [0.1, 0.15) is 0 Å². The van der Waals surface area contributed by atoms with Crippen LogP contribution in [-0.4, -0.2) is 34.8 Å². The molecular formula is C18H18N2O2S. The first-order chi connectivity index (χ1) is 11.2. The van der Waals surface area contributed by atoms with Gasteiger partial charge in [0, 0.05) is 17.5 Å². The molecule has 0 radical (unpaired) electrons. The molecule has 0 saturated heterocycles. The Hall–Kier alpha value is -1.98. The van der Waals surface area contributed by atoms with Crippen molar-refractivity contribution >= 4 is 23.2 Å². The number of benzene rings is 1. The molecule has 118 valence electrons. The minimum atomic E-state index is -0.170. The van der Waals surface area contributed by atoms with Crippen LogP contribution < -0.4 is 0 Å². The summed E-state index contributed by atoms with van der Waals surface area (Å²) in [6.07, 6.45) is 1.97. The quantitative estimate of drug-likeness (QED) is 0.813. The van der Waals surface area contributed by atoms with E-state index >= 15 is 0 Å². The SMILES string of the molecule is CC[C@@H]1c2ccsc2CCN1CN1C(=O)c2ccccc2C1=O. The monoisotopic (exact) mass is 326 g/mol. The number of imide groups is 1. The summed E-state index contributed by atoms with van der Waals surface area (Å²) in [5.74, 6) is -0.340. The van der Waals surface area contributed by atoms with Crippen LogP contribution >= 0.6 is 11.3 Å². The van der Waals surface area contributed by atoms with Crippen LogP contribution in [-0.2, 0) is 6.42 Å². The van der Waals surface area contributed by atoms with E-state index in [1.807, 2.05) is 0 Å². The molecule has 2 aromatic rings. The molecular weight excluding hydrogens is 308 g/mol. The Kier molecular flexibility index (Phi) is 3.54. The maximum Gasteiger partial charge on any atom is 0.262 e. The van der Waals surface area contributed by atoms with Crippen LogP contribution in [0, 0.1) is 0 Å². The second kappa shape index (κ2) is 5.58. The van der Waals surface area contributed by atoms with E-state index < -0.39 is 0 Å². The first-order valence-corrected chi connectivity index (χ1v) is 8.84. The van der Waals surface area contributed by atoms with Gasteiger partial charge >= 0.3 is 0 Å². The number of hydrogen-bond donors (Lipinski definition) is 0. The molecule has 0 aliphatic carbocycles. The van der Waals surface area contributed by atoms with Crippen molar-refractivity contribution in [3.8, 4) is 0 Å². The van der Waals surface area contributed by atoms with E-state index in [2.05, 4.69) is 23.3 Å². The second-order valence-electron chi connectivity index (χ2n) is 6.01. The summed E-state index contributed by atoms with van der Waals surface area (Å²) in [5.41, 5.74) is 2.41. The smallest absolute Gasteiger partial charge is 0.262 e. The summed E-state index contributed by atoms with van der Waals surface area (Å²) in [6.45, 7) is 3.42. The maximum absolute atomic E-state index is 12.6. The molecule has 2 aliphatic heterocycles. The van der Waals surface area contributed by atoms with Crippen LogP contribution in [0.15, 0.2) is 35.7 Å². The second-order valence-corrected chi connectivity index (χ2v) is 7.01. The summed E-state index contributed by atoms with van der Waals surface area (Å²) in [6, 6.07) is 9.55. The zero-order chi connectivity index (χ0) is 16.0. The van der Waals surface area contributed by atoms with E-state index in [4.69, 9.17) is 0 Å².